The first kappa shape index (κ1) is 12.1. The molecular weight excluding hydrogens is 260 g/mol. The van der Waals surface area contributed by atoms with Gasteiger partial charge < -0.3 is 4.74 Å². The largest absolute Gasteiger partial charge is 0.468 e. The van der Waals surface area contributed by atoms with Gasteiger partial charge in [-0.05, 0) is 35.0 Å². The number of hydrogen-bond acceptors (Lipinski definition) is 4. The quantitative estimate of drug-likeness (QED) is 0.844. The van der Waals surface area contributed by atoms with Gasteiger partial charge in [-0.2, -0.15) is 0 Å². The molecule has 1 aromatic heterocycles. The lowest BCUT2D eigenvalue weighted by molar-refractivity contribution is -0.142. The molecule has 5 heteroatoms. The smallest absolute Gasteiger partial charge is 0.322 e. The number of nitrogens with one attached hydrogen (secondary N) is 1. The number of ether oxygens (including phenoxy) is 1. The molecule has 0 aromatic carbocycles. The fourth-order valence-electron chi connectivity index (χ4n) is 1.03. The highest BCUT2D eigenvalue weighted by Gasteiger charge is 2.11. The van der Waals surface area contributed by atoms with Crippen LogP contribution in [0.4, 0.5) is 0 Å². The molecule has 0 saturated carbocycles. The molecule has 0 saturated heterocycles. The summed E-state index contributed by atoms with van der Waals surface area (Å²) >= 11 is 3.30. The average Bonchev–Trinajstić information content (AvgIpc) is 2.26. The lowest BCUT2D eigenvalue weighted by Crippen LogP contribution is -2.34. The van der Waals surface area contributed by atoms with Crippen molar-refractivity contribution >= 4 is 21.9 Å². The number of methoxy groups -OCH3 is 1. The topological polar surface area (TPSA) is 51.2 Å². The van der Waals surface area contributed by atoms with Crippen LogP contribution in [0.15, 0.2) is 22.8 Å². The standard InChI is InChI=1S/C10H13BrN2O2/c1-7(10(14)15-2)12-6-9-4-3-8(11)5-13-9/h3-5,7,12H,6H2,1-2H3. The van der Waals surface area contributed by atoms with E-state index in [4.69, 9.17) is 0 Å². The third-order valence-electron chi connectivity index (χ3n) is 1.93. The highest BCUT2D eigenvalue weighted by molar-refractivity contribution is 9.10. The number of carbonyl (C=O) groups excluding carboxylic acids is 1. The van der Waals surface area contributed by atoms with E-state index in [-0.39, 0.29) is 12.0 Å². The van der Waals surface area contributed by atoms with Crippen molar-refractivity contribution in [1.29, 1.82) is 0 Å². The number of halogens is 1. The van der Waals surface area contributed by atoms with Crippen LogP contribution in [0.25, 0.3) is 0 Å². The predicted octanol–water partition coefficient (Wildman–Crippen LogP) is 1.50. The van der Waals surface area contributed by atoms with Gasteiger partial charge in [-0.1, -0.05) is 0 Å². The van der Waals surface area contributed by atoms with Crippen LogP contribution in [-0.4, -0.2) is 24.1 Å². The normalized spacial score (nSPS) is 12.2. The average molecular weight is 273 g/mol. The van der Waals surface area contributed by atoms with Crippen molar-refractivity contribution in [3.8, 4) is 0 Å². The monoisotopic (exact) mass is 272 g/mol. The van der Waals surface area contributed by atoms with E-state index in [1.54, 1.807) is 13.1 Å². The Kier molecular flexibility index (Phi) is 4.71. The molecule has 0 spiro atoms. The molecule has 0 amide bonds. The minimum absolute atomic E-state index is 0.271. The lowest BCUT2D eigenvalue weighted by atomic mass is 10.3. The number of carbonyl (C=O) groups is 1. The molecule has 1 N–H and O–H groups in total. The Bertz CT molecular complexity index is 327. The number of rotatable bonds is 4. The molecule has 0 radical (unpaired) electrons. The minimum atomic E-state index is -0.319. The van der Waals surface area contributed by atoms with Gasteiger partial charge in [0.15, 0.2) is 0 Å². The summed E-state index contributed by atoms with van der Waals surface area (Å²) in [5, 5.41) is 3.02. The van der Waals surface area contributed by atoms with Crippen LogP contribution in [0, 0.1) is 0 Å². The van der Waals surface area contributed by atoms with Crippen molar-refractivity contribution in [1.82, 2.24) is 10.3 Å². The third kappa shape index (κ3) is 3.97. The van der Waals surface area contributed by atoms with Gasteiger partial charge in [0.1, 0.15) is 6.04 Å². The summed E-state index contributed by atoms with van der Waals surface area (Å²) in [6, 6.07) is 3.48. The second kappa shape index (κ2) is 5.82. The number of pyridine rings is 1. The van der Waals surface area contributed by atoms with E-state index in [0.29, 0.717) is 6.54 Å². The van der Waals surface area contributed by atoms with Crippen LogP contribution in [0.5, 0.6) is 0 Å². The van der Waals surface area contributed by atoms with Crippen LogP contribution in [0.1, 0.15) is 12.6 Å². The van der Waals surface area contributed by atoms with Gasteiger partial charge in [0.25, 0.3) is 0 Å². The van der Waals surface area contributed by atoms with Crippen LogP contribution in [-0.2, 0) is 16.1 Å². The molecule has 1 unspecified atom stereocenters. The van der Waals surface area contributed by atoms with Crippen LogP contribution < -0.4 is 5.32 Å². The highest BCUT2D eigenvalue weighted by Crippen LogP contribution is 2.07. The van der Waals surface area contributed by atoms with Crippen molar-refractivity contribution in [3.05, 3.63) is 28.5 Å². The Balaban J connectivity index is 2.43. The zero-order valence-electron chi connectivity index (χ0n) is 8.66. The maximum Gasteiger partial charge on any atom is 0.322 e. The Labute approximate surface area is 97.2 Å². The molecule has 1 aromatic rings. The summed E-state index contributed by atoms with van der Waals surface area (Å²) in [6.45, 7) is 2.30. The fourth-order valence-corrected chi connectivity index (χ4v) is 1.26. The molecule has 15 heavy (non-hydrogen) atoms. The first-order chi connectivity index (χ1) is 7.13. The van der Waals surface area contributed by atoms with E-state index in [1.165, 1.54) is 7.11 Å². The Morgan fingerprint density at radius 3 is 2.93 bits per heavy atom. The van der Waals surface area contributed by atoms with Gasteiger partial charge in [-0.25, -0.2) is 0 Å². The summed E-state index contributed by atoms with van der Waals surface area (Å²) in [6.07, 6.45) is 1.72. The van der Waals surface area contributed by atoms with E-state index in [1.807, 2.05) is 12.1 Å². The van der Waals surface area contributed by atoms with E-state index in [0.717, 1.165) is 10.2 Å². The number of aromatic nitrogens is 1. The van der Waals surface area contributed by atoms with Gasteiger partial charge in [-0.15, -0.1) is 0 Å². The molecule has 0 bridgehead atoms. The highest BCUT2D eigenvalue weighted by atomic mass is 79.9. The minimum Gasteiger partial charge on any atom is -0.468 e. The molecule has 0 fully saturated rings. The van der Waals surface area contributed by atoms with E-state index in [2.05, 4.69) is 31.0 Å². The van der Waals surface area contributed by atoms with Crippen LogP contribution in [0.2, 0.25) is 0 Å². The maximum atomic E-state index is 11.1. The Morgan fingerprint density at radius 2 is 2.40 bits per heavy atom. The van der Waals surface area contributed by atoms with Gasteiger partial charge in [-0.3, -0.25) is 15.1 Å². The zero-order valence-corrected chi connectivity index (χ0v) is 10.2. The van der Waals surface area contributed by atoms with Gasteiger partial charge in [0.05, 0.1) is 12.8 Å². The molecule has 82 valence electrons. The van der Waals surface area contributed by atoms with Gasteiger partial charge in [0, 0.05) is 17.2 Å². The third-order valence-corrected chi connectivity index (χ3v) is 2.40. The van der Waals surface area contributed by atoms with E-state index >= 15 is 0 Å². The number of esters is 1. The molecule has 1 rings (SSSR count). The molecule has 4 nitrogen and oxygen atoms in total. The molecular formula is C10H13BrN2O2. The lowest BCUT2D eigenvalue weighted by Gasteiger charge is -2.10. The Hall–Kier alpha value is -0.940. The molecule has 1 atom stereocenters. The van der Waals surface area contributed by atoms with Crippen molar-refractivity contribution in [2.45, 2.75) is 19.5 Å². The summed E-state index contributed by atoms with van der Waals surface area (Å²) in [5.41, 5.74) is 0.883. The second-order valence-electron chi connectivity index (χ2n) is 3.09. The number of hydrogen-bond donors (Lipinski definition) is 1. The summed E-state index contributed by atoms with van der Waals surface area (Å²) in [5.74, 6) is -0.271. The first-order valence-electron chi connectivity index (χ1n) is 4.55. The second-order valence-corrected chi connectivity index (χ2v) is 4.01. The SMILES string of the molecule is COC(=O)C(C)NCc1ccc(Br)cn1. The summed E-state index contributed by atoms with van der Waals surface area (Å²) < 4.78 is 5.53. The molecule has 0 aliphatic rings. The van der Waals surface area contributed by atoms with Gasteiger partial charge >= 0.3 is 5.97 Å². The van der Waals surface area contributed by atoms with Crippen molar-refractivity contribution < 1.29 is 9.53 Å². The van der Waals surface area contributed by atoms with Crippen molar-refractivity contribution in [2.24, 2.45) is 0 Å². The van der Waals surface area contributed by atoms with E-state index in [9.17, 15) is 4.79 Å². The molecule has 0 aliphatic heterocycles. The first-order valence-corrected chi connectivity index (χ1v) is 5.34. The molecule has 1 heterocycles. The zero-order chi connectivity index (χ0) is 11.3. The summed E-state index contributed by atoms with van der Waals surface area (Å²) in [4.78, 5) is 15.2. The summed E-state index contributed by atoms with van der Waals surface area (Å²) in [7, 11) is 1.37. The maximum absolute atomic E-state index is 11.1. The Morgan fingerprint density at radius 1 is 1.67 bits per heavy atom. The van der Waals surface area contributed by atoms with Crippen LogP contribution in [0.3, 0.4) is 0 Å². The van der Waals surface area contributed by atoms with Crippen molar-refractivity contribution in [2.75, 3.05) is 7.11 Å². The van der Waals surface area contributed by atoms with Gasteiger partial charge in [0.2, 0.25) is 0 Å². The van der Waals surface area contributed by atoms with Crippen molar-refractivity contribution in [3.63, 3.8) is 0 Å². The molecule has 0 aliphatic carbocycles. The number of nitrogens with zero attached hydrogens (tertiary/aromatic N) is 1. The van der Waals surface area contributed by atoms with E-state index < -0.39 is 0 Å². The van der Waals surface area contributed by atoms with Crippen LogP contribution >= 0.6 is 15.9 Å². The predicted molar refractivity (Wildman–Crippen MR) is 60.3 cm³/mol. The fraction of sp³-hybridized carbons (Fsp3) is 0.400.